The Balaban J connectivity index is 2.69. The second-order valence-electron chi connectivity index (χ2n) is 4.62. The highest BCUT2D eigenvalue weighted by Gasteiger charge is 2.14. The Kier molecular flexibility index (Phi) is 3.33. The summed E-state index contributed by atoms with van der Waals surface area (Å²) in [6, 6.07) is 3.71. The number of hydrogen-bond acceptors (Lipinski definition) is 4. The summed E-state index contributed by atoms with van der Waals surface area (Å²) < 4.78 is 8.53. The summed E-state index contributed by atoms with van der Waals surface area (Å²) in [5.41, 5.74) is 6.15. The lowest BCUT2D eigenvalue weighted by molar-refractivity contribution is 0.418. The zero-order valence-electron chi connectivity index (χ0n) is 11.8. The van der Waals surface area contributed by atoms with Gasteiger partial charge in [0.2, 0.25) is 0 Å². The largest absolute Gasteiger partial charge is 0.494 e. The number of hydrazone groups is 1. The van der Waals surface area contributed by atoms with E-state index in [4.69, 9.17) is 4.74 Å². The van der Waals surface area contributed by atoms with E-state index in [0.717, 1.165) is 22.4 Å². The van der Waals surface area contributed by atoms with Crippen LogP contribution in [0.5, 0.6) is 5.75 Å². The molecule has 2 rings (SSSR count). The predicted octanol–water partition coefficient (Wildman–Crippen LogP) is 1.69. The maximum absolute atomic E-state index is 12.0. The van der Waals surface area contributed by atoms with Crippen molar-refractivity contribution >= 4 is 22.4 Å². The summed E-state index contributed by atoms with van der Waals surface area (Å²) in [5, 5.41) is 4.15. The fraction of sp³-hybridized carbons (Fsp3) is 0.385. The van der Waals surface area contributed by atoms with Crippen LogP contribution in [0.2, 0.25) is 0 Å². The van der Waals surface area contributed by atoms with Gasteiger partial charge in [0.05, 0.1) is 18.3 Å². The third kappa shape index (κ3) is 2.21. The van der Waals surface area contributed by atoms with Crippen molar-refractivity contribution in [2.24, 2.45) is 19.2 Å². The normalized spacial score (nSPS) is 10.6. The van der Waals surface area contributed by atoms with Gasteiger partial charge in [0, 0.05) is 25.9 Å². The van der Waals surface area contributed by atoms with Gasteiger partial charge in [-0.1, -0.05) is 0 Å². The predicted molar refractivity (Wildman–Crippen MR) is 77.1 cm³/mol. The molecule has 0 saturated heterocycles. The molecule has 19 heavy (non-hydrogen) atoms. The van der Waals surface area contributed by atoms with Gasteiger partial charge in [-0.25, -0.2) is 4.79 Å². The molecule has 0 amide bonds. The number of aryl methyl sites for hydroxylation is 2. The zero-order valence-corrected chi connectivity index (χ0v) is 11.8. The standard InChI is InChI=1S/C13H18N4O2/c1-8(2)14-15-9-6-10-12(11(7-9)19-5)17(4)13(18)16(10)3/h6-7,15H,1-5H3. The van der Waals surface area contributed by atoms with Gasteiger partial charge in [-0.2, -0.15) is 5.10 Å². The first-order valence-electron chi connectivity index (χ1n) is 5.96. The van der Waals surface area contributed by atoms with Gasteiger partial charge in [0.25, 0.3) is 0 Å². The molecule has 1 heterocycles. The first kappa shape index (κ1) is 13.2. The molecule has 0 unspecified atom stereocenters. The summed E-state index contributed by atoms with van der Waals surface area (Å²) in [4.78, 5) is 12.0. The van der Waals surface area contributed by atoms with E-state index >= 15 is 0 Å². The molecule has 0 aliphatic heterocycles. The highest BCUT2D eigenvalue weighted by molar-refractivity contribution is 5.87. The van der Waals surface area contributed by atoms with Crippen LogP contribution in [0.15, 0.2) is 22.0 Å². The molecule has 6 heteroatoms. The topological polar surface area (TPSA) is 60.5 Å². The summed E-state index contributed by atoms with van der Waals surface area (Å²) in [5.74, 6) is 0.643. The van der Waals surface area contributed by atoms with Crippen LogP contribution in [0.25, 0.3) is 11.0 Å². The first-order chi connectivity index (χ1) is 8.95. The maximum atomic E-state index is 12.0. The van der Waals surface area contributed by atoms with Crippen molar-refractivity contribution in [2.75, 3.05) is 12.5 Å². The number of ether oxygens (including phenoxy) is 1. The van der Waals surface area contributed by atoms with E-state index in [1.54, 1.807) is 30.3 Å². The number of rotatable bonds is 3. The average Bonchev–Trinajstić information content (AvgIpc) is 2.61. The molecule has 0 spiro atoms. The number of imidazole rings is 1. The Bertz CT molecular complexity index is 705. The summed E-state index contributed by atoms with van der Waals surface area (Å²) >= 11 is 0. The zero-order chi connectivity index (χ0) is 14.2. The van der Waals surface area contributed by atoms with Gasteiger partial charge < -0.3 is 4.74 Å². The van der Waals surface area contributed by atoms with Crippen LogP contribution in [0.4, 0.5) is 5.69 Å². The molecule has 0 bridgehead atoms. The van der Waals surface area contributed by atoms with Crippen molar-refractivity contribution in [1.29, 1.82) is 0 Å². The van der Waals surface area contributed by atoms with Crippen LogP contribution < -0.4 is 15.9 Å². The van der Waals surface area contributed by atoms with Gasteiger partial charge in [-0.3, -0.25) is 14.6 Å². The Morgan fingerprint density at radius 1 is 1.26 bits per heavy atom. The van der Waals surface area contributed by atoms with Crippen molar-refractivity contribution in [1.82, 2.24) is 9.13 Å². The highest BCUT2D eigenvalue weighted by Crippen LogP contribution is 2.28. The minimum atomic E-state index is -0.0828. The number of methoxy groups -OCH3 is 1. The van der Waals surface area contributed by atoms with E-state index < -0.39 is 0 Å². The fourth-order valence-electron chi connectivity index (χ4n) is 2.01. The van der Waals surface area contributed by atoms with Crippen molar-refractivity contribution in [3.05, 3.63) is 22.6 Å². The Labute approximate surface area is 111 Å². The van der Waals surface area contributed by atoms with E-state index in [1.165, 1.54) is 0 Å². The molecule has 1 aromatic heterocycles. The lowest BCUT2D eigenvalue weighted by atomic mass is 10.2. The molecule has 2 aromatic rings. The van der Waals surface area contributed by atoms with Crippen molar-refractivity contribution in [3.63, 3.8) is 0 Å². The first-order valence-corrected chi connectivity index (χ1v) is 5.96. The maximum Gasteiger partial charge on any atom is 0.328 e. The van der Waals surface area contributed by atoms with Gasteiger partial charge in [-0.05, 0) is 19.9 Å². The van der Waals surface area contributed by atoms with Crippen LogP contribution in [-0.4, -0.2) is 22.0 Å². The monoisotopic (exact) mass is 262 g/mol. The number of aromatic nitrogens is 2. The minimum absolute atomic E-state index is 0.0828. The van der Waals surface area contributed by atoms with Gasteiger partial charge in [0.1, 0.15) is 11.3 Å². The molecule has 1 N–H and O–H groups in total. The summed E-state index contributed by atoms with van der Waals surface area (Å²) in [6.07, 6.45) is 0. The smallest absolute Gasteiger partial charge is 0.328 e. The lowest BCUT2D eigenvalue weighted by Gasteiger charge is -2.08. The Morgan fingerprint density at radius 2 is 1.95 bits per heavy atom. The van der Waals surface area contributed by atoms with Gasteiger partial charge in [0.15, 0.2) is 0 Å². The van der Waals surface area contributed by atoms with Gasteiger partial charge >= 0.3 is 5.69 Å². The Morgan fingerprint density at radius 3 is 2.53 bits per heavy atom. The van der Waals surface area contributed by atoms with Crippen LogP contribution >= 0.6 is 0 Å². The number of fused-ring (bicyclic) bond motifs is 1. The van der Waals surface area contributed by atoms with E-state index in [9.17, 15) is 4.79 Å². The van der Waals surface area contributed by atoms with E-state index in [0.29, 0.717) is 5.75 Å². The number of nitrogens with zero attached hydrogens (tertiary/aromatic N) is 3. The fourth-order valence-corrected chi connectivity index (χ4v) is 2.01. The van der Waals surface area contributed by atoms with Crippen molar-refractivity contribution < 1.29 is 4.74 Å². The highest BCUT2D eigenvalue weighted by atomic mass is 16.5. The molecular weight excluding hydrogens is 244 g/mol. The van der Waals surface area contributed by atoms with Gasteiger partial charge in [-0.15, -0.1) is 0 Å². The molecule has 0 aliphatic rings. The number of hydrogen-bond donors (Lipinski definition) is 1. The minimum Gasteiger partial charge on any atom is -0.494 e. The van der Waals surface area contributed by atoms with Crippen molar-refractivity contribution in [3.8, 4) is 5.75 Å². The number of anilines is 1. The summed E-state index contributed by atoms with van der Waals surface area (Å²) in [7, 11) is 5.06. The molecule has 0 atom stereocenters. The lowest BCUT2D eigenvalue weighted by Crippen LogP contribution is -2.19. The molecule has 102 valence electrons. The molecule has 0 saturated carbocycles. The number of benzene rings is 1. The van der Waals surface area contributed by atoms with Crippen LogP contribution in [0.3, 0.4) is 0 Å². The average molecular weight is 262 g/mol. The van der Waals surface area contributed by atoms with E-state index in [-0.39, 0.29) is 5.69 Å². The SMILES string of the molecule is COc1cc(NN=C(C)C)cc2c1n(C)c(=O)n2C. The third-order valence-electron chi connectivity index (χ3n) is 2.95. The Hall–Kier alpha value is -2.24. The molecule has 0 radical (unpaired) electrons. The van der Waals surface area contributed by atoms with Crippen molar-refractivity contribution in [2.45, 2.75) is 13.8 Å². The van der Waals surface area contributed by atoms with E-state index in [2.05, 4.69) is 10.5 Å². The molecular formula is C13H18N4O2. The van der Waals surface area contributed by atoms with E-state index in [1.807, 2.05) is 26.0 Å². The molecule has 0 fully saturated rings. The molecule has 1 aromatic carbocycles. The third-order valence-corrected chi connectivity index (χ3v) is 2.95. The quantitative estimate of drug-likeness (QED) is 0.676. The molecule has 0 aliphatic carbocycles. The van der Waals surface area contributed by atoms with Crippen LogP contribution in [0.1, 0.15) is 13.8 Å². The second kappa shape index (κ2) is 4.79. The second-order valence-corrected chi connectivity index (χ2v) is 4.62. The summed E-state index contributed by atoms with van der Waals surface area (Å²) in [6.45, 7) is 3.81. The molecule has 6 nitrogen and oxygen atoms in total. The number of nitrogens with one attached hydrogen (secondary N) is 1. The van der Waals surface area contributed by atoms with Crippen LogP contribution in [0, 0.1) is 0 Å². The van der Waals surface area contributed by atoms with Crippen LogP contribution in [-0.2, 0) is 14.1 Å².